The Kier molecular flexibility index (Phi) is 12.2. The van der Waals surface area contributed by atoms with Gasteiger partial charge in [0.15, 0.2) is 0 Å². The van der Waals surface area contributed by atoms with Gasteiger partial charge >= 0.3 is 6.18 Å². The summed E-state index contributed by atoms with van der Waals surface area (Å²) in [5.74, 6) is -0.347. The molecular formula is C27H41F3N8O2. The van der Waals surface area contributed by atoms with Crippen LogP contribution in [0.1, 0.15) is 18.4 Å². The van der Waals surface area contributed by atoms with Crippen molar-refractivity contribution in [1.82, 2.24) is 20.4 Å². The molecule has 0 aliphatic carbocycles. The van der Waals surface area contributed by atoms with E-state index in [0.717, 1.165) is 43.1 Å². The number of ether oxygens (including phenoxy) is 1. The fourth-order valence-electron chi connectivity index (χ4n) is 4.58. The van der Waals surface area contributed by atoms with E-state index < -0.39 is 11.7 Å². The van der Waals surface area contributed by atoms with Crippen molar-refractivity contribution in [2.45, 2.75) is 25.6 Å². The Labute approximate surface area is 234 Å². The molecule has 2 fully saturated rings. The molecule has 10 nitrogen and oxygen atoms in total. The Hall–Kier alpha value is -3.16. The zero-order valence-electron chi connectivity index (χ0n) is 23.4. The number of amides is 1. The Bertz CT molecular complexity index is 1040. The van der Waals surface area contributed by atoms with Crippen molar-refractivity contribution in [3.05, 3.63) is 35.5 Å². The van der Waals surface area contributed by atoms with Gasteiger partial charge < -0.3 is 35.4 Å². The second kappa shape index (κ2) is 15.6. The molecule has 2 heterocycles. The largest absolute Gasteiger partial charge is 0.421 e. The van der Waals surface area contributed by atoms with Crippen LogP contribution in [0.3, 0.4) is 0 Å². The number of likely N-dealkylation sites (N-methyl/N-ethyl adjacent to an activating group) is 1. The molecule has 1 aromatic rings. The van der Waals surface area contributed by atoms with Crippen LogP contribution in [0.25, 0.3) is 0 Å². The molecule has 0 saturated carbocycles. The molecule has 0 unspecified atom stereocenters. The number of nitrogens with one attached hydrogen (secondary N) is 3. The molecule has 40 heavy (non-hydrogen) atoms. The molecule has 3 rings (SSSR count). The second-order valence-electron chi connectivity index (χ2n) is 9.75. The Balaban J connectivity index is 1.69. The average Bonchev–Trinajstić information content (AvgIpc) is 3.13. The molecule has 1 amide bonds. The summed E-state index contributed by atoms with van der Waals surface area (Å²) < 4.78 is 46.8. The van der Waals surface area contributed by atoms with Gasteiger partial charge in [0.1, 0.15) is 18.1 Å². The van der Waals surface area contributed by atoms with Crippen molar-refractivity contribution >= 4 is 29.8 Å². The third-order valence-corrected chi connectivity index (χ3v) is 6.83. The van der Waals surface area contributed by atoms with Crippen LogP contribution in [-0.4, -0.2) is 114 Å². The van der Waals surface area contributed by atoms with Crippen LogP contribution in [0.2, 0.25) is 0 Å². The predicted octanol–water partition coefficient (Wildman–Crippen LogP) is 2.30. The molecule has 0 aromatic heterocycles. The van der Waals surface area contributed by atoms with Crippen LogP contribution in [0.15, 0.2) is 40.0 Å². The number of carbonyl (C=O) groups is 1. The number of nitrogens with zero attached hydrogens (tertiary/aromatic N) is 5. The number of hydrogen-bond acceptors (Lipinski definition) is 8. The molecule has 0 bridgehead atoms. The van der Waals surface area contributed by atoms with Crippen molar-refractivity contribution in [3.63, 3.8) is 0 Å². The maximum Gasteiger partial charge on any atom is 0.421 e. The van der Waals surface area contributed by atoms with E-state index in [4.69, 9.17) is 4.74 Å². The maximum absolute atomic E-state index is 13.8. The van der Waals surface area contributed by atoms with Crippen LogP contribution in [0.5, 0.6) is 0 Å². The zero-order valence-corrected chi connectivity index (χ0v) is 23.4. The number of aliphatic imine (C=N–C) groups is 2. The third-order valence-electron chi connectivity index (χ3n) is 6.83. The highest BCUT2D eigenvalue weighted by Gasteiger charge is 2.37. The van der Waals surface area contributed by atoms with Gasteiger partial charge in [0, 0.05) is 69.9 Å². The number of rotatable bonds is 12. The summed E-state index contributed by atoms with van der Waals surface area (Å²) in [4.78, 5) is 26.0. The fourth-order valence-corrected chi connectivity index (χ4v) is 4.58. The van der Waals surface area contributed by atoms with E-state index in [1.165, 1.54) is 0 Å². The summed E-state index contributed by atoms with van der Waals surface area (Å²) in [5, 5.41) is 9.13. The van der Waals surface area contributed by atoms with Gasteiger partial charge in [0.25, 0.3) is 0 Å². The van der Waals surface area contributed by atoms with E-state index >= 15 is 0 Å². The van der Waals surface area contributed by atoms with Crippen molar-refractivity contribution in [2.75, 3.05) is 90.0 Å². The quantitative estimate of drug-likeness (QED) is 0.203. The summed E-state index contributed by atoms with van der Waals surface area (Å²) >= 11 is 0. The summed E-state index contributed by atoms with van der Waals surface area (Å²) in [7, 11) is 3.96. The first-order chi connectivity index (χ1) is 19.2. The second-order valence-corrected chi connectivity index (χ2v) is 9.75. The lowest BCUT2D eigenvalue weighted by Crippen LogP contribution is -2.44. The molecule has 222 valence electrons. The molecule has 3 N–H and O–H groups in total. The number of benzene rings is 1. The number of hydrogen-bond donors (Lipinski definition) is 3. The van der Waals surface area contributed by atoms with Crippen molar-refractivity contribution in [2.24, 2.45) is 9.98 Å². The topological polar surface area (TPSA) is 96.8 Å². The normalized spacial score (nSPS) is 18.1. The van der Waals surface area contributed by atoms with E-state index in [-0.39, 0.29) is 25.0 Å². The number of halogens is 3. The van der Waals surface area contributed by atoms with Gasteiger partial charge in [-0.1, -0.05) is 0 Å². The summed E-state index contributed by atoms with van der Waals surface area (Å²) in [6, 6.07) is 6.06. The monoisotopic (exact) mass is 566 g/mol. The van der Waals surface area contributed by atoms with E-state index in [9.17, 15) is 18.0 Å². The first-order valence-electron chi connectivity index (χ1n) is 13.5. The van der Waals surface area contributed by atoms with Gasteiger partial charge in [-0.15, -0.1) is 0 Å². The Morgan fingerprint density at radius 3 is 2.65 bits per heavy atom. The smallest absolute Gasteiger partial charge is 0.379 e. The van der Waals surface area contributed by atoms with Gasteiger partial charge in [-0.2, -0.15) is 13.2 Å². The SMILES string of the molecule is C=N/C=C(\C(=N/CNc1ccc(N2CCN(C)CC2)cc1CNC)NCCCN1CCOCCC1=O)C(F)(F)F. The Morgan fingerprint density at radius 2 is 1.95 bits per heavy atom. The molecule has 2 aliphatic rings. The standard InChI is InChI=1S/C27H41F3N8O2/c1-31-18-21-17-22(37-12-10-36(3)11-13-37)5-6-24(21)34-20-35-26(23(19-32-2)27(28,29)30)33-8-4-9-38-14-16-40-15-7-25(38)39/h5-6,17,19,31,34H,2,4,7-16,18,20H2,1,3H3,(H,33,35)/b23-19+. The lowest BCUT2D eigenvalue weighted by atomic mass is 10.1. The first kappa shape index (κ1) is 31.4. The summed E-state index contributed by atoms with van der Waals surface area (Å²) in [6.45, 7) is 9.47. The molecule has 1 aromatic carbocycles. The minimum atomic E-state index is -4.67. The van der Waals surface area contributed by atoms with Crippen LogP contribution in [0, 0.1) is 0 Å². The van der Waals surface area contributed by atoms with Gasteiger partial charge in [0.2, 0.25) is 5.91 Å². The molecule has 0 radical (unpaired) electrons. The van der Waals surface area contributed by atoms with Crippen LogP contribution < -0.4 is 20.9 Å². The maximum atomic E-state index is 13.8. The van der Waals surface area contributed by atoms with E-state index in [0.29, 0.717) is 51.9 Å². The lowest BCUT2D eigenvalue weighted by Gasteiger charge is -2.34. The fraction of sp³-hybridized carbons (Fsp3) is 0.593. The molecule has 0 spiro atoms. The van der Waals surface area contributed by atoms with Crippen molar-refractivity contribution in [1.29, 1.82) is 0 Å². The highest BCUT2D eigenvalue weighted by Crippen LogP contribution is 2.27. The van der Waals surface area contributed by atoms with Crippen molar-refractivity contribution in [3.8, 4) is 0 Å². The van der Waals surface area contributed by atoms with Crippen LogP contribution >= 0.6 is 0 Å². The number of alkyl halides is 3. The lowest BCUT2D eigenvalue weighted by molar-refractivity contribution is -0.130. The number of carbonyl (C=O) groups excluding carboxylic acids is 1. The number of amidine groups is 1. The highest BCUT2D eigenvalue weighted by molar-refractivity contribution is 5.99. The van der Waals surface area contributed by atoms with Gasteiger partial charge in [-0.3, -0.25) is 9.79 Å². The van der Waals surface area contributed by atoms with Gasteiger partial charge in [-0.25, -0.2) is 4.99 Å². The van der Waals surface area contributed by atoms with Gasteiger partial charge in [-0.05, 0) is 51.0 Å². The first-order valence-corrected chi connectivity index (χ1v) is 13.5. The van der Waals surface area contributed by atoms with Gasteiger partial charge in [0.05, 0.1) is 19.6 Å². The van der Waals surface area contributed by atoms with E-state index in [1.54, 1.807) is 4.90 Å². The summed E-state index contributed by atoms with van der Waals surface area (Å²) in [6.07, 6.45) is -3.25. The van der Waals surface area contributed by atoms with E-state index in [2.05, 4.69) is 55.6 Å². The van der Waals surface area contributed by atoms with Crippen LogP contribution in [-0.2, 0) is 16.1 Å². The predicted molar refractivity (Wildman–Crippen MR) is 153 cm³/mol. The molecule has 2 saturated heterocycles. The minimum absolute atomic E-state index is 0.0154. The third kappa shape index (κ3) is 9.49. The molecule has 13 heteroatoms. The minimum Gasteiger partial charge on any atom is -0.379 e. The van der Waals surface area contributed by atoms with E-state index in [1.807, 2.05) is 19.2 Å². The zero-order chi connectivity index (χ0) is 29.0. The Morgan fingerprint density at radius 1 is 1.18 bits per heavy atom. The molecule has 2 aliphatic heterocycles. The highest BCUT2D eigenvalue weighted by atomic mass is 19.4. The average molecular weight is 567 g/mol. The van der Waals surface area contributed by atoms with Crippen LogP contribution in [0.4, 0.5) is 24.5 Å². The van der Waals surface area contributed by atoms with Crippen molar-refractivity contribution < 1.29 is 22.7 Å². The number of piperazine rings is 1. The summed E-state index contributed by atoms with van der Waals surface area (Å²) in [5.41, 5.74) is 1.89. The number of anilines is 2. The molecule has 0 atom stereocenters. The molecular weight excluding hydrogens is 525 g/mol.